The van der Waals surface area contributed by atoms with E-state index in [4.69, 9.17) is 31.0 Å². The lowest BCUT2D eigenvalue weighted by atomic mass is 10.0. The molecule has 0 spiro atoms. The van der Waals surface area contributed by atoms with Gasteiger partial charge in [0.2, 0.25) is 0 Å². The third-order valence-corrected chi connectivity index (χ3v) is 5.95. The monoisotopic (exact) mass is 538 g/mol. The molecule has 14 heteroatoms. The van der Waals surface area contributed by atoms with Crippen molar-refractivity contribution in [3.05, 3.63) is 47.1 Å². The number of thiocarbonyl (C=S) groups is 1. The lowest BCUT2D eigenvalue weighted by Gasteiger charge is -2.16. The molecule has 1 aromatic heterocycles. The maximum atomic E-state index is 12.3. The van der Waals surface area contributed by atoms with E-state index in [1.54, 1.807) is 6.92 Å². The van der Waals surface area contributed by atoms with E-state index < -0.39 is 18.0 Å². The number of phenols is 1. The van der Waals surface area contributed by atoms with Crippen LogP contribution in [-0.2, 0) is 26.6 Å². The van der Waals surface area contributed by atoms with E-state index in [1.165, 1.54) is 38.1 Å². The number of ether oxygens (including phenoxy) is 3. The molecule has 36 heavy (non-hydrogen) atoms. The number of aromatic hydroxyl groups is 1. The average molecular weight is 539 g/mol. The summed E-state index contributed by atoms with van der Waals surface area (Å²) in [5, 5.41) is 19.1. The van der Waals surface area contributed by atoms with Gasteiger partial charge in [0.05, 0.1) is 26.3 Å². The molecule has 0 unspecified atom stereocenters. The fourth-order valence-corrected chi connectivity index (χ4v) is 3.92. The Hall–Kier alpha value is -3.65. The Morgan fingerprint density at radius 2 is 2.06 bits per heavy atom. The van der Waals surface area contributed by atoms with Gasteiger partial charge >= 0.3 is 12.1 Å². The van der Waals surface area contributed by atoms with Crippen LogP contribution < -0.4 is 15.4 Å². The molecule has 3 N–H and O–H groups in total. The van der Waals surface area contributed by atoms with Crippen molar-refractivity contribution in [2.45, 2.75) is 19.2 Å². The standard InChI is InChI=1S/C22H26N4O8S2/c1-5-7-33-22(30)24-10-16-25-20(34-26-16)18(35)19(28)23-6-8-36-11-13-14(27)9-15(31-3)12(2)17(13)21(29)32-4/h5,9,27H,1,6-8,10-11H2,2-4H3,(H,23,28)(H,24,30). The number of amides is 2. The number of aromatic nitrogens is 2. The topological polar surface area (TPSA) is 162 Å². The van der Waals surface area contributed by atoms with Crippen LogP contribution in [0.2, 0.25) is 0 Å². The molecule has 0 radical (unpaired) electrons. The number of methoxy groups -OCH3 is 2. The van der Waals surface area contributed by atoms with Crippen molar-refractivity contribution in [2.24, 2.45) is 0 Å². The summed E-state index contributed by atoms with van der Waals surface area (Å²) in [6, 6.07) is 1.44. The highest BCUT2D eigenvalue weighted by molar-refractivity contribution is 7.98. The van der Waals surface area contributed by atoms with Crippen molar-refractivity contribution >= 4 is 46.8 Å². The Morgan fingerprint density at radius 1 is 1.31 bits per heavy atom. The molecule has 0 fully saturated rings. The highest BCUT2D eigenvalue weighted by atomic mass is 32.2. The summed E-state index contributed by atoms with van der Waals surface area (Å²) in [6.07, 6.45) is 0.737. The van der Waals surface area contributed by atoms with Crippen LogP contribution in [0.5, 0.6) is 11.5 Å². The van der Waals surface area contributed by atoms with E-state index in [9.17, 15) is 19.5 Å². The maximum Gasteiger partial charge on any atom is 0.407 e. The molecule has 1 heterocycles. The molecule has 0 saturated carbocycles. The van der Waals surface area contributed by atoms with Gasteiger partial charge in [0.25, 0.3) is 11.8 Å². The zero-order chi connectivity index (χ0) is 26.7. The first-order valence-corrected chi connectivity index (χ1v) is 12.0. The van der Waals surface area contributed by atoms with Crippen molar-refractivity contribution in [1.29, 1.82) is 0 Å². The van der Waals surface area contributed by atoms with E-state index in [-0.39, 0.29) is 53.3 Å². The van der Waals surface area contributed by atoms with Crippen LogP contribution in [0.3, 0.4) is 0 Å². The number of thioether (sulfide) groups is 1. The van der Waals surface area contributed by atoms with Gasteiger partial charge in [-0.25, -0.2) is 9.59 Å². The molecule has 0 saturated heterocycles. The Labute approximate surface area is 216 Å². The van der Waals surface area contributed by atoms with Crippen LogP contribution in [0.4, 0.5) is 4.79 Å². The van der Waals surface area contributed by atoms with Crippen LogP contribution in [0.15, 0.2) is 23.2 Å². The van der Waals surface area contributed by atoms with Crippen molar-refractivity contribution in [3.8, 4) is 11.5 Å². The van der Waals surface area contributed by atoms with Gasteiger partial charge in [0.15, 0.2) is 10.7 Å². The SMILES string of the molecule is C=CCOC(=O)NCc1noc(C(=S)C(=O)NCCSCc2c(O)cc(OC)c(C)c2C(=O)OC)n1. The summed E-state index contributed by atoms with van der Waals surface area (Å²) in [5.74, 6) is -0.199. The van der Waals surface area contributed by atoms with E-state index in [2.05, 4.69) is 27.4 Å². The third-order valence-electron chi connectivity index (χ3n) is 4.60. The van der Waals surface area contributed by atoms with Crippen LogP contribution in [-0.4, -0.2) is 71.2 Å². The normalized spacial score (nSPS) is 10.3. The van der Waals surface area contributed by atoms with Crippen LogP contribution in [0.1, 0.15) is 33.2 Å². The fraction of sp³-hybridized carbons (Fsp3) is 0.364. The van der Waals surface area contributed by atoms with Crippen LogP contribution in [0.25, 0.3) is 0 Å². The summed E-state index contributed by atoms with van der Waals surface area (Å²) in [7, 11) is 2.70. The second-order valence-electron chi connectivity index (χ2n) is 6.96. The second kappa shape index (κ2) is 14.0. The Bertz CT molecular complexity index is 1140. The smallest absolute Gasteiger partial charge is 0.407 e. The number of hydrogen-bond donors (Lipinski definition) is 3. The zero-order valence-electron chi connectivity index (χ0n) is 19.9. The zero-order valence-corrected chi connectivity index (χ0v) is 21.5. The number of nitrogens with zero attached hydrogens (tertiary/aromatic N) is 2. The molecule has 2 aromatic rings. The number of rotatable bonds is 13. The Balaban J connectivity index is 1.85. The first-order valence-electron chi connectivity index (χ1n) is 10.5. The summed E-state index contributed by atoms with van der Waals surface area (Å²) < 4.78 is 19.8. The minimum Gasteiger partial charge on any atom is -0.507 e. The van der Waals surface area contributed by atoms with Crippen LogP contribution in [0, 0.1) is 6.92 Å². The quantitative estimate of drug-likeness (QED) is 0.112. The van der Waals surface area contributed by atoms with Gasteiger partial charge in [-0.15, -0.1) is 0 Å². The van der Waals surface area contributed by atoms with Gasteiger partial charge in [0.1, 0.15) is 18.1 Å². The van der Waals surface area contributed by atoms with Crippen LogP contribution >= 0.6 is 24.0 Å². The minimum atomic E-state index is -0.684. The van der Waals surface area contributed by atoms with Gasteiger partial charge in [-0.05, 0) is 6.92 Å². The average Bonchev–Trinajstić information content (AvgIpc) is 3.35. The van der Waals surface area contributed by atoms with E-state index in [0.29, 0.717) is 22.6 Å². The number of benzene rings is 1. The molecule has 194 valence electrons. The molecule has 1 aromatic carbocycles. The van der Waals surface area contributed by atoms with Gasteiger partial charge in [-0.1, -0.05) is 30.0 Å². The second-order valence-corrected chi connectivity index (χ2v) is 8.48. The van der Waals surface area contributed by atoms with Crippen molar-refractivity contribution in [1.82, 2.24) is 20.8 Å². The molecule has 0 aliphatic rings. The fourth-order valence-electron chi connectivity index (χ4n) is 2.88. The molecule has 0 bridgehead atoms. The number of phenolic OH excluding ortho intramolecular Hbond substituents is 1. The minimum absolute atomic E-state index is 0.0548. The molecule has 2 rings (SSSR count). The number of esters is 1. The Kier molecular flexibility index (Phi) is 11.1. The van der Waals surface area contributed by atoms with Gasteiger partial charge in [-0.2, -0.15) is 16.7 Å². The summed E-state index contributed by atoms with van der Waals surface area (Å²) >= 11 is 6.46. The molecule has 2 amide bonds. The van der Waals surface area contributed by atoms with Crippen molar-refractivity contribution in [2.75, 3.05) is 33.1 Å². The van der Waals surface area contributed by atoms with Crippen molar-refractivity contribution < 1.29 is 38.2 Å². The largest absolute Gasteiger partial charge is 0.507 e. The lowest BCUT2D eigenvalue weighted by Crippen LogP contribution is -2.32. The van der Waals surface area contributed by atoms with E-state index in [0.717, 1.165) is 0 Å². The molecule has 0 atom stereocenters. The first-order chi connectivity index (χ1) is 17.2. The summed E-state index contributed by atoms with van der Waals surface area (Å²) in [4.78, 5) is 39.8. The van der Waals surface area contributed by atoms with Gasteiger partial charge < -0.3 is 34.5 Å². The number of carbonyl (C=O) groups is 3. The summed E-state index contributed by atoms with van der Waals surface area (Å²) in [6.45, 7) is 5.35. The number of alkyl carbamates (subject to hydrolysis) is 1. The predicted octanol–water partition coefficient (Wildman–Crippen LogP) is 2.06. The van der Waals surface area contributed by atoms with E-state index in [1.807, 2.05) is 0 Å². The maximum absolute atomic E-state index is 12.3. The van der Waals surface area contributed by atoms with Gasteiger partial charge in [0, 0.05) is 35.2 Å². The number of nitrogens with one attached hydrogen (secondary N) is 2. The summed E-state index contributed by atoms with van der Waals surface area (Å²) in [5.41, 5.74) is 1.20. The van der Waals surface area contributed by atoms with Gasteiger partial charge in [-0.3, -0.25) is 4.79 Å². The first kappa shape index (κ1) is 28.6. The lowest BCUT2D eigenvalue weighted by molar-refractivity contribution is -0.114. The number of carbonyl (C=O) groups excluding carboxylic acids is 3. The van der Waals surface area contributed by atoms with Crippen molar-refractivity contribution in [3.63, 3.8) is 0 Å². The number of hydrogen-bond acceptors (Lipinski definition) is 12. The molecular weight excluding hydrogens is 512 g/mol. The molecular formula is C22H26N4O8S2. The molecule has 0 aliphatic carbocycles. The highest BCUT2D eigenvalue weighted by Crippen LogP contribution is 2.35. The highest BCUT2D eigenvalue weighted by Gasteiger charge is 2.22. The molecule has 0 aliphatic heterocycles. The predicted molar refractivity (Wildman–Crippen MR) is 134 cm³/mol. The Morgan fingerprint density at radius 3 is 2.72 bits per heavy atom. The van der Waals surface area contributed by atoms with E-state index >= 15 is 0 Å². The molecule has 12 nitrogen and oxygen atoms in total. The third kappa shape index (κ3) is 7.68.